The van der Waals surface area contributed by atoms with E-state index in [0.29, 0.717) is 6.20 Å². The summed E-state index contributed by atoms with van der Waals surface area (Å²) < 4.78 is 48.2. The molecule has 0 spiro atoms. The quantitative estimate of drug-likeness (QED) is 0.344. The zero-order valence-electron chi connectivity index (χ0n) is 15.2. The SMILES string of the molecule is CCNC(=O)N=C(OC)c1cc(Oc2ccc(C(F)(F)F)cn2)ccc1[N+](=O)[O-]. The lowest BCUT2D eigenvalue weighted by Crippen LogP contribution is -2.21. The Balaban J connectivity index is 2.39. The molecule has 2 rings (SSSR count). The Morgan fingerprint density at radius 1 is 1.31 bits per heavy atom. The number of nitrogens with one attached hydrogen (secondary N) is 1. The van der Waals surface area contributed by atoms with E-state index in [1.165, 1.54) is 19.2 Å². The molecule has 1 N–H and O–H groups in total. The summed E-state index contributed by atoms with van der Waals surface area (Å²) in [6, 6.07) is 4.49. The summed E-state index contributed by atoms with van der Waals surface area (Å²) >= 11 is 0. The van der Waals surface area contributed by atoms with Crippen LogP contribution >= 0.6 is 0 Å². The van der Waals surface area contributed by atoms with Crippen molar-refractivity contribution < 1.29 is 32.4 Å². The number of carbonyl (C=O) groups excluding carboxylic acids is 1. The Hall–Kier alpha value is -3.70. The van der Waals surface area contributed by atoms with Gasteiger partial charge in [0.1, 0.15) is 11.3 Å². The van der Waals surface area contributed by atoms with Gasteiger partial charge in [-0.1, -0.05) is 0 Å². The highest BCUT2D eigenvalue weighted by Gasteiger charge is 2.30. The number of aromatic nitrogens is 1. The van der Waals surface area contributed by atoms with E-state index in [1.54, 1.807) is 6.92 Å². The van der Waals surface area contributed by atoms with Crippen LogP contribution in [0.1, 0.15) is 18.1 Å². The third kappa shape index (κ3) is 5.64. The van der Waals surface area contributed by atoms with Crippen molar-refractivity contribution in [2.24, 2.45) is 4.99 Å². The van der Waals surface area contributed by atoms with Crippen LogP contribution in [0.3, 0.4) is 0 Å². The molecule has 0 saturated carbocycles. The largest absolute Gasteiger partial charge is 0.480 e. The second kappa shape index (κ2) is 8.99. The van der Waals surface area contributed by atoms with Crippen molar-refractivity contribution in [1.82, 2.24) is 10.3 Å². The van der Waals surface area contributed by atoms with Gasteiger partial charge in [-0.2, -0.15) is 18.2 Å². The molecule has 29 heavy (non-hydrogen) atoms. The normalized spacial score (nSPS) is 11.7. The number of methoxy groups -OCH3 is 1. The maximum absolute atomic E-state index is 12.6. The number of nitrogens with zero attached hydrogens (tertiary/aromatic N) is 3. The van der Waals surface area contributed by atoms with Gasteiger partial charge in [0.05, 0.1) is 17.6 Å². The predicted molar refractivity (Wildman–Crippen MR) is 95.0 cm³/mol. The standard InChI is InChI=1S/C17H15F3N4O5/c1-3-21-16(25)23-15(28-2)12-8-11(5-6-13(12)24(26)27)29-14-7-4-10(9-22-14)17(18,19)20/h4-9H,3H2,1-2H3,(H,21,25). The summed E-state index contributed by atoms with van der Waals surface area (Å²) in [4.78, 5) is 29.4. The van der Waals surface area contributed by atoms with E-state index in [1.807, 2.05) is 0 Å². The number of ether oxygens (including phenoxy) is 2. The number of carbonyl (C=O) groups is 1. The van der Waals surface area contributed by atoms with E-state index in [2.05, 4.69) is 15.3 Å². The van der Waals surface area contributed by atoms with Gasteiger partial charge in [0, 0.05) is 30.9 Å². The van der Waals surface area contributed by atoms with Gasteiger partial charge in [0.15, 0.2) is 0 Å². The first kappa shape index (κ1) is 21.6. The van der Waals surface area contributed by atoms with Gasteiger partial charge in [-0.25, -0.2) is 9.78 Å². The van der Waals surface area contributed by atoms with Crippen LogP contribution in [0, 0.1) is 10.1 Å². The number of aliphatic imine (C=N–C) groups is 1. The van der Waals surface area contributed by atoms with E-state index in [-0.39, 0.29) is 29.6 Å². The summed E-state index contributed by atoms with van der Waals surface area (Å²) in [6.45, 7) is 1.94. The van der Waals surface area contributed by atoms with Crippen molar-refractivity contribution in [3.8, 4) is 11.6 Å². The smallest absolute Gasteiger partial charge is 0.417 e. The molecule has 154 valence electrons. The van der Waals surface area contributed by atoms with Gasteiger partial charge in [-0.3, -0.25) is 10.1 Å². The summed E-state index contributed by atoms with van der Waals surface area (Å²) in [6.07, 6.45) is -3.95. The molecule has 9 nitrogen and oxygen atoms in total. The highest BCUT2D eigenvalue weighted by molar-refractivity contribution is 6.04. The third-order valence-corrected chi connectivity index (χ3v) is 3.41. The highest BCUT2D eigenvalue weighted by atomic mass is 19.4. The predicted octanol–water partition coefficient (Wildman–Crippen LogP) is 3.92. The maximum atomic E-state index is 12.6. The fraction of sp³-hybridized carbons (Fsp3) is 0.235. The van der Waals surface area contributed by atoms with Crippen molar-refractivity contribution in [3.63, 3.8) is 0 Å². The lowest BCUT2D eigenvalue weighted by atomic mass is 10.1. The van der Waals surface area contributed by atoms with Gasteiger partial charge in [0.2, 0.25) is 11.8 Å². The van der Waals surface area contributed by atoms with Crippen molar-refractivity contribution in [2.75, 3.05) is 13.7 Å². The Morgan fingerprint density at radius 2 is 2.03 bits per heavy atom. The number of amides is 2. The first-order valence-electron chi connectivity index (χ1n) is 8.06. The molecule has 1 aromatic carbocycles. The number of pyridine rings is 1. The summed E-state index contributed by atoms with van der Waals surface area (Å²) in [7, 11) is 1.17. The molecule has 0 aliphatic carbocycles. The van der Waals surface area contributed by atoms with E-state index >= 15 is 0 Å². The zero-order valence-corrected chi connectivity index (χ0v) is 15.2. The molecule has 0 bridgehead atoms. The minimum Gasteiger partial charge on any atom is -0.480 e. The molecule has 12 heteroatoms. The summed E-state index contributed by atoms with van der Waals surface area (Å²) in [5.41, 5.74) is -1.53. The summed E-state index contributed by atoms with van der Waals surface area (Å²) in [5.74, 6) is -0.496. The molecular formula is C17H15F3N4O5. The van der Waals surface area contributed by atoms with Crippen LogP contribution in [0.15, 0.2) is 41.5 Å². The molecule has 0 unspecified atom stereocenters. The number of nitro groups is 1. The molecule has 0 radical (unpaired) electrons. The van der Waals surface area contributed by atoms with Crippen LogP contribution in [0.5, 0.6) is 11.6 Å². The van der Waals surface area contributed by atoms with Crippen LogP contribution in [-0.4, -0.2) is 35.5 Å². The molecule has 0 aliphatic rings. The van der Waals surface area contributed by atoms with E-state index in [0.717, 1.165) is 18.2 Å². The molecule has 2 amide bonds. The lowest BCUT2D eigenvalue weighted by molar-refractivity contribution is -0.385. The number of urea groups is 1. The Morgan fingerprint density at radius 3 is 2.55 bits per heavy atom. The number of rotatable bonds is 5. The molecular weight excluding hydrogens is 397 g/mol. The number of halogens is 3. The maximum Gasteiger partial charge on any atom is 0.417 e. The molecule has 0 atom stereocenters. The van der Waals surface area contributed by atoms with Crippen molar-refractivity contribution in [3.05, 3.63) is 57.8 Å². The van der Waals surface area contributed by atoms with Gasteiger partial charge in [0.25, 0.3) is 5.69 Å². The average molecular weight is 412 g/mol. The summed E-state index contributed by atoms with van der Waals surface area (Å²) in [5, 5.41) is 13.7. The lowest BCUT2D eigenvalue weighted by Gasteiger charge is -2.10. The van der Waals surface area contributed by atoms with Gasteiger partial charge < -0.3 is 14.8 Å². The second-order valence-corrected chi connectivity index (χ2v) is 5.38. The molecule has 1 heterocycles. The second-order valence-electron chi connectivity index (χ2n) is 5.38. The van der Waals surface area contributed by atoms with Crippen LogP contribution in [-0.2, 0) is 10.9 Å². The molecule has 0 aliphatic heterocycles. The molecule has 1 aromatic heterocycles. The van der Waals surface area contributed by atoms with Crippen LogP contribution < -0.4 is 10.1 Å². The molecule has 0 saturated heterocycles. The van der Waals surface area contributed by atoms with E-state index in [9.17, 15) is 28.1 Å². The fourth-order valence-corrected chi connectivity index (χ4v) is 2.14. The van der Waals surface area contributed by atoms with Crippen molar-refractivity contribution in [2.45, 2.75) is 13.1 Å². The number of nitro benzene ring substituents is 1. The number of hydrogen-bond donors (Lipinski definition) is 1. The zero-order chi connectivity index (χ0) is 21.6. The van der Waals surface area contributed by atoms with Crippen LogP contribution in [0.4, 0.5) is 23.7 Å². The molecule has 0 fully saturated rings. The van der Waals surface area contributed by atoms with Gasteiger partial charge in [-0.15, -0.1) is 0 Å². The van der Waals surface area contributed by atoms with Gasteiger partial charge >= 0.3 is 12.2 Å². The Kier molecular flexibility index (Phi) is 6.70. The number of benzene rings is 1. The van der Waals surface area contributed by atoms with E-state index in [4.69, 9.17) is 9.47 Å². The minimum atomic E-state index is -4.55. The Bertz CT molecular complexity index is 930. The van der Waals surface area contributed by atoms with Crippen molar-refractivity contribution >= 4 is 17.6 Å². The highest BCUT2D eigenvalue weighted by Crippen LogP contribution is 2.31. The first-order valence-corrected chi connectivity index (χ1v) is 8.06. The number of alkyl halides is 3. The minimum absolute atomic E-state index is 0.0125. The first-order chi connectivity index (χ1) is 13.7. The van der Waals surface area contributed by atoms with Crippen LogP contribution in [0.25, 0.3) is 0 Å². The third-order valence-electron chi connectivity index (χ3n) is 3.41. The van der Waals surface area contributed by atoms with E-state index < -0.39 is 28.4 Å². The Labute approximate surface area is 162 Å². The molecule has 2 aromatic rings. The number of hydrogen-bond acceptors (Lipinski definition) is 6. The topological polar surface area (TPSA) is 116 Å². The van der Waals surface area contributed by atoms with Crippen molar-refractivity contribution in [1.29, 1.82) is 0 Å². The monoisotopic (exact) mass is 412 g/mol. The van der Waals surface area contributed by atoms with Gasteiger partial charge in [-0.05, 0) is 19.1 Å². The average Bonchev–Trinajstić information content (AvgIpc) is 2.66. The van der Waals surface area contributed by atoms with Crippen LogP contribution in [0.2, 0.25) is 0 Å². The fourth-order valence-electron chi connectivity index (χ4n) is 2.14.